The van der Waals surface area contributed by atoms with Crippen LogP contribution in [-0.4, -0.2) is 33.2 Å². The molecule has 0 N–H and O–H groups in total. The maximum absolute atomic E-state index is 13.6. The number of para-hydroxylation sites is 2. The number of nitrogens with zero attached hydrogens (tertiary/aromatic N) is 2. The fourth-order valence-corrected chi connectivity index (χ4v) is 8.58. The van der Waals surface area contributed by atoms with Gasteiger partial charge < -0.3 is 9.32 Å². The molecule has 1 amide bonds. The molecule has 2 heterocycles. The van der Waals surface area contributed by atoms with Crippen LogP contribution < -0.4 is 0 Å². The van der Waals surface area contributed by atoms with E-state index in [4.69, 9.17) is 9.40 Å². The maximum Gasteiger partial charge on any atom is 0.228 e. The Morgan fingerprint density at radius 3 is 2.50 bits per heavy atom. The molecule has 28 heavy (non-hydrogen) atoms. The number of alkyl halides is 1. The molecule has 5 aliphatic rings. The van der Waals surface area contributed by atoms with Crippen molar-refractivity contribution in [2.75, 3.05) is 13.1 Å². The molecule has 2 atom stereocenters. The number of amides is 1. The number of oxazole rings is 1. The molecule has 4 saturated carbocycles. The first-order valence-electron chi connectivity index (χ1n) is 10.9. The summed E-state index contributed by atoms with van der Waals surface area (Å²) in [6, 6.07) is 7.97. The molecule has 148 valence electrons. The number of hydrogen-bond acceptors (Lipinski definition) is 3. The van der Waals surface area contributed by atoms with E-state index in [9.17, 15) is 4.79 Å². The molecular formula is C23H27BrN2O2. The van der Waals surface area contributed by atoms with Gasteiger partial charge in [-0.1, -0.05) is 28.1 Å². The lowest BCUT2D eigenvalue weighted by Gasteiger charge is -2.60. The van der Waals surface area contributed by atoms with Gasteiger partial charge in [-0.2, -0.15) is 0 Å². The zero-order chi connectivity index (χ0) is 18.9. The summed E-state index contributed by atoms with van der Waals surface area (Å²) in [5.41, 5.74) is 1.72. The van der Waals surface area contributed by atoms with Crippen molar-refractivity contribution in [2.24, 2.45) is 17.3 Å². The summed E-state index contributed by atoms with van der Waals surface area (Å²) in [4.78, 5) is 20.5. The largest absolute Gasteiger partial charge is 0.440 e. The highest BCUT2D eigenvalue weighted by atomic mass is 79.9. The Bertz CT molecular complexity index is 883. The van der Waals surface area contributed by atoms with Crippen LogP contribution in [0.2, 0.25) is 0 Å². The van der Waals surface area contributed by atoms with E-state index in [1.54, 1.807) is 0 Å². The van der Waals surface area contributed by atoms with Gasteiger partial charge in [0.05, 0.1) is 5.41 Å². The number of likely N-dealkylation sites (tertiary alicyclic amines) is 1. The second-order valence-electron chi connectivity index (χ2n) is 9.98. The number of rotatable bonds is 2. The molecule has 1 aromatic carbocycles. The van der Waals surface area contributed by atoms with E-state index in [-0.39, 0.29) is 9.74 Å². The third kappa shape index (κ3) is 2.68. The fourth-order valence-electron chi connectivity index (χ4n) is 7.13. The Morgan fingerprint density at radius 2 is 1.82 bits per heavy atom. The number of halogens is 1. The minimum Gasteiger partial charge on any atom is -0.440 e. The summed E-state index contributed by atoms with van der Waals surface area (Å²) in [6.45, 7) is 1.68. The number of carbonyl (C=O) groups is 1. The molecule has 2 aromatic rings. The average Bonchev–Trinajstić information content (AvgIpc) is 3.10. The van der Waals surface area contributed by atoms with Gasteiger partial charge in [-0.05, 0) is 75.3 Å². The summed E-state index contributed by atoms with van der Waals surface area (Å²) >= 11 is 4.05. The van der Waals surface area contributed by atoms with E-state index in [1.807, 2.05) is 24.3 Å². The van der Waals surface area contributed by atoms with E-state index in [2.05, 4.69) is 20.8 Å². The second-order valence-corrected chi connectivity index (χ2v) is 11.7. The van der Waals surface area contributed by atoms with Crippen molar-refractivity contribution in [1.82, 2.24) is 9.88 Å². The molecule has 4 nitrogen and oxygen atoms in total. The molecular weight excluding hydrogens is 416 g/mol. The van der Waals surface area contributed by atoms with Crippen LogP contribution in [0.3, 0.4) is 0 Å². The van der Waals surface area contributed by atoms with Crippen LogP contribution in [0.5, 0.6) is 0 Å². The molecule has 7 rings (SSSR count). The van der Waals surface area contributed by atoms with Gasteiger partial charge in [-0.3, -0.25) is 4.79 Å². The summed E-state index contributed by atoms with van der Waals surface area (Å²) in [6.07, 6.45) is 9.12. The molecule has 1 aliphatic heterocycles. The van der Waals surface area contributed by atoms with Crippen molar-refractivity contribution in [3.05, 3.63) is 30.2 Å². The van der Waals surface area contributed by atoms with E-state index in [1.165, 1.54) is 19.3 Å². The second kappa shape index (κ2) is 6.07. The van der Waals surface area contributed by atoms with Crippen LogP contribution in [-0.2, 0) is 4.79 Å². The summed E-state index contributed by atoms with van der Waals surface area (Å²) in [7, 11) is 0. The SMILES string of the molecule is O=C(N1CCC(c2nc3ccccc3o2)CC1)C12CC3CC(CC(Br)(C3)C1)C2. The molecule has 5 fully saturated rings. The molecule has 0 radical (unpaired) electrons. The monoisotopic (exact) mass is 442 g/mol. The zero-order valence-corrected chi connectivity index (χ0v) is 17.8. The van der Waals surface area contributed by atoms with E-state index >= 15 is 0 Å². The van der Waals surface area contributed by atoms with Gasteiger partial charge in [0.15, 0.2) is 11.5 Å². The van der Waals surface area contributed by atoms with E-state index in [0.717, 1.165) is 74.0 Å². The third-order valence-corrected chi connectivity index (χ3v) is 8.81. The van der Waals surface area contributed by atoms with E-state index in [0.29, 0.717) is 11.8 Å². The number of aromatic nitrogens is 1. The Kier molecular flexibility index (Phi) is 3.79. The van der Waals surface area contributed by atoms with Crippen LogP contribution in [0.25, 0.3) is 11.1 Å². The minimum atomic E-state index is -0.0853. The van der Waals surface area contributed by atoms with Gasteiger partial charge in [-0.25, -0.2) is 4.98 Å². The Balaban J connectivity index is 1.17. The molecule has 4 aliphatic carbocycles. The normalized spacial score (nSPS) is 37.7. The maximum atomic E-state index is 13.6. The summed E-state index contributed by atoms with van der Waals surface area (Å²) in [5.74, 6) is 3.13. The predicted molar refractivity (Wildman–Crippen MR) is 111 cm³/mol. The Labute approximate surface area is 174 Å². The van der Waals surface area contributed by atoms with E-state index < -0.39 is 0 Å². The molecule has 1 saturated heterocycles. The lowest BCUT2D eigenvalue weighted by molar-refractivity contribution is -0.156. The first kappa shape index (κ1) is 17.5. The number of piperidine rings is 1. The Hall–Kier alpha value is -1.36. The van der Waals surface area contributed by atoms with Crippen LogP contribution in [0, 0.1) is 17.3 Å². The minimum absolute atomic E-state index is 0.0853. The molecule has 5 heteroatoms. The molecule has 1 aromatic heterocycles. The summed E-state index contributed by atoms with van der Waals surface area (Å²) < 4.78 is 6.24. The van der Waals surface area contributed by atoms with Gasteiger partial charge in [0, 0.05) is 23.3 Å². The average molecular weight is 443 g/mol. The lowest BCUT2D eigenvalue weighted by Crippen LogP contribution is -2.59. The van der Waals surface area contributed by atoms with Crippen molar-refractivity contribution in [2.45, 2.75) is 61.6 Å². The molecule has 4 bridgehead atoms. The third-order valence-electron chi connectivity index (χ3n) is 7.89. The van der Waals surface area contributed by atoms with Crippen molar-refractivity contribution in [1.29, 1.82) is 0 Å². The van der Waals surface area contributed by atoms with Crippen LogP contribution >= 0.6 is 15.9 Å². The van der Waals surface area contributed by atoms with Gasteiger partial charge in [0.2, 0.25) is 5.91 Å². The van der Waals surface area contributed by atoms with Crippen molar-refractivity contribution < 1.29 is 9.21 Å². The van der Waals surface area contributed by atoms with Crippen LogP contribution in [0.1, 0.15) is 63.2 Å². The first-order valence-corrected chi connectivity index (χ1v) is 11.7. The van der Waals surface area contributed by atoms with Crippen molar-refractivity contribution in [3.8, 4) is 0 Å². The highest BCUT2D eigenvalue weighted by molar-refractivity contribution is 9.10. The standard InChI is InChI=1S/C23H27BrN2O2/c24-23-12-15-9-16(13-23)11-22(10-15,14-23)21(27)26-7-5-17(6-8-26)20-25-18-3-1-2-4-19(18)28-20/h1-4,15-17H,5-14H2. The molecule has 0 spiro atoms. The zero-order valence-electron chi connectivity index (χ0n) is 16.2. The number of benzene rings is 1. The summed E-state index contributed by atoms with van der Waals surface area (Å²) in [5, 5.41) is 0. The predicted octanol–water partition coefficient (Wildman–Crippen LogP) is 5.27. The Morgan fingerprint density at radius 1 is 1.11 bits per heavy atom. The fraction of sp³-hybridized carbons (Fsp3) is 0.652. The highest BCUT2D eigenvalue weighted by Gasteiger charge is 2.60. The highest BCUT2D eigenvalue weighted by Crippen LogP contribution is 2.65. The number of hydrogen-bond donors (Lipinski definition) is 0. The smallest absolute Gasteiger partial charge is 0.228 e. The number of carbonyl (C=O) groups excluding carboxylic acids is 1. The molecule has 2 unspecified atom stereocenters. The van der Waals surface area contributed by atoms with Crippen molar-refractivity contribution >= 4 is 32.9 Å². The van der Waals surface area contributed by atoms with Crippen LogP contribution in [0.4, 0.5) is 0 Å². The topological polar surface area (TPSA) is 46.3 Å². The van der Waals surface area contributed by atoms with Gasteiger partial charge in [0.25, 0.3) is 0 Å². The van der Waals surface area contributed by atoms with Gasteiger partial charge in [-0.15, -0.1) is 0 Å². The van der Waals surface area contributed by atoms with Crippen LogP contribution in [0.15, 0.2) is 28.7 Å². The quantitative estimate of drug-likeness (QED) is 0.595. The van der Waals surface area contributed by atoms with Crippen molar-refractivity contribution in [3.63, 3.8) is 0 Å². The van der Waals surface area contributed by atoms with Gasteiger partial charge in [0.1, 0.15) is 5.52 Å². The van der Waals surface area contributed by atoms with Gasteiger partial charge >= 0.3 is 0 Å². The first-order chi connectivity index (χ1) is 13.5. The lowest BCUT2D eigenvalue weighted by atomic mass is 9.49. The number of fused-ring (bicyclic) bond motifs is 1.